The van der Waals surface area contributed by atoms with Gasteiger partial charge >= 0.3 is 0 Å². The van der Waals surface area contributed by atoms with Gasteiger partial charge in [0, 0.05) is 5.88 Å². The van der Waals surface area contributed by atoms with Gasteiger partial charge in [0.25, 0.3) is 0 Å². The topological polar surface area (TPSA) is 0 Å². The third-order valence-corrected chi connectivity index (χ3v) is 7.69. The highest BCUT2D eigenvalue weighted by atomic mass is 35.5. The molecule has 1 aromatic carbocycles. The lowest BCUT2D eigenvalue weighted by atomic mass is 9.94. The third kappa shape index (κ3) is 17.9. The smallest absolute Gasteiger partial charge is 0.0474 e. The van der Waals surface area contributed by atoms with Crippen LogP contribution in [0.2, 0.25) is 0 Å². The molecule has 0 aliphatic rings. The van der Waals surface area contributed by atoms with E-state index in [0.717, 1.165) is 11.8 Å². The summed E-state index contributed by atoms with van der Waals surface area (Å²) in [5, 5.41) is 0. The average Bonchev–Trinajstić information content (AvgIpc) is 2.81. The number of hydrogen-bond donors (Lipinski definition) is 0. The molecule has 0 aromatic heterocycles. The summed E-state index contributed by atoms with van der Waals surface area (Å²) in [6.45, 7) is 9.36. The highest BCUT2D eigenvalue weighted by Gasteiger charge is 2.05. The Morgan fingerprint density at radius 2 is 0.882 bits per heavy atom. The molecule has 0 aliphatic carbocycles. The van der Waals surface area contributed by atoms with Crippen LogP contribution in [0.4, 0.5) is 0 Å². The van der Waals surface area contributed by atoms with Crippen LogP contribution in [-0.2, 0) is 18.7 Å². The molecule has 0 nitrogen and oxygen atoms in total. The maximum atomic E-state index is 6.15. The Balaban J connectivity index is 2.16. The van der Waals surface area contributed by atoms with Crippen molar-refractivity contribution in [2.75, 3.05) is 0 Å². The Labute approximate surface area is 220 Å². The summed E-state index contributed by atoms with van der Waals surface area (Å²) in [5.41, 5.74) is 4.46. The minimum absolute atomic E-state index is 0.640. The Morgan fingerprint density at radius 3 is 1.29 bits per heavy atom. The molecule has 0 saturated heterocycles. The molecule has 1 heteroatoms. The molecule has 0 saturated carbocycles. The second kappa shape index (κ2) is 21.8. The van der Waals surface area contributed by atoms with Crippen molar-refractivity contribution in [3.05, 3.63) is 34.9 Å². The fourth-order valence-corrected chi connectivity index (χ4v) is 5.26. The van der Waals surface area contributed by atoms with E-state index in [1.807, 2.05) is 0 Å². The quantitative estimate of drug-likeness (QED) is 0.106. The number of benzene rings is 1. The summed E-state index contributed by atoms with van der Waals surface area (Å²) >= 11 is 6.15. The van der Waals surface area contributed by atoms with E-state index in [1.54, 1.807) is 11.1 Å². The minimum Gasteiger partial charge on any atom is -0.122 e. The van der Waals surface area contributed by atoms with Gasteiger partial charge in [0.05, 0.1) is 0 Å². The maximum absolute atomic E-state index is 6.15. The van der Waals surface area contributed by atoms with Crippen molar-refractivity contribution >= 4 is 11.6 Å². The molecule has 0 atom stereocenters. The van der Waals surface area contributed by atoms with E-state index in [9.17, 15) is 0 Å². The van der Waals surface area contributed by atoms with Crippen LogP contribution in [0.25, 0.3) is 0 Å². The lowest BCUT2D eigenvalue weighted by Crippen LogP contribution is -1.97. The molecule has 34 heavy (non-hydrogen) atoms. The number of hydrogen-bond acceptors (Lipinski definition) is 0. The second-order valence-corrected chi connectivity index (χ2v) is 12.0. The normalized spacial score (nSPS) is 11.7. The van der Waals surface area contributed by atoms with Crippen LogP contribution in [0.5, 0.6) is 0 Å². The summed E-state index contributed by atoms with van der Waals surface area (Å²) < 4.78 is 0. The van der Waals surface area contributed by atoms with Crippen molar-refractivity contribution in [1.29, 1.82) is 0 Å². The van der Waals surface area contributed by atoms with Crippen LogP contribution in [-0.4, -0.2) is 0 Å². The minimum atomic E-state index is 0.640. The van der Waals surface area contributed by atoms with Gasteiger partial charge in [-0.15, -0.1) is 11.6 Å². The molecule has 1 rings (SSSR count). The summed E-state index contributed by atoms with van der Waals surface area (Å²) in [7, 11) is 0. The van der Waals surface area contributed by atoms with Crippen LogP contribution >= 0.6 is 11.6 Å². The third-order valence-electron chi connectivity index (χ3n) is 7.38. The fourth-order valence-electron chi connectivity index (χ4n) is 5.10. The lowest BCUT2D eigenvalue weighted by Gasteiger charge is -2.12. The van der Waals surface area contributed by atoms with E-state index in [0.29, 0.717) is 5.88 Å². The molecule has 0 spiro atoms. The predicted octanol–water partition coefficient (Wildman–Crippen LogP) is 11.8. The summed E-state index contributed by atoms with van der Waals surface area (Å²) in [4.78, 5) is 0. The standard InChI is InChI=1S/C33H59Cl/c1-29(2)21-17-13-9-5-7-11-15-19-23-32-26-25-31(28-34)27-33(32)24-20-16-12-8-6-10-14-18-22-30(3)4/h25-27,29-30H,5-24,28H2,1-4H3. The molecule has 198 valence electrons. The van der Waals surface area contributed by atoms with E-state index in [-0.39, 0.29) is 0 Å². The van der Waals surface area contributed by atoms with E-state index in [1.165, 1.54) is 134 Å². The van der Waals surface area contributed by atoms with Crippen molar-refractivity contribution in [2.24, 2.45) is 11.8 Å². The zero-order valence-corrected chi connectivity index (χ0v) is 24.4. The molecule has 0 radical (unpaired) electrons. The zero-order chi connectivity index (χ0) is 24.9. The first kappa shape index (κ1) is 31.5. The van der Waals surface area contributed by atoms with Gasteiger partial charge in [0.2, 0.25) is 0 Å². The fraction of sp³-hybridized carbons (Fsp3) is 0.818. The Kier molecular flexibility index (Phi) is 20.2. The molecule has 0 unspecified atom stereocenters. The van der Waals surface area contributed by atoms with Crippen LogP contribution in [0, 0.1) is 11.8 Å². The van der Waals surface area contributed by atoms with E-state index >= 15 is 0 Å². The number of rotatable bonds is 23. The molecular weight excluding hydrogens is 432 g/mol. The van der Waals surface area contributed by atoms with E-state index < -0.39 is 0 Å². The second-order valence-electron chi connectivity index (χ2n) is 11.8. The highest BCUT2D eigenvalue weighted by Crippen LogP contribution is 2.21. The number of halogens is 1. The van der Waals surface area contributed by atoms with Crippen molar-refractivity contribution < 1.29 is 0 Å². The van der Waals surface area contributed by atoms with Crippen molar-refractivity contribution in [3.63, 3.8) is 0 Å². The van der Waals surface area contributed by atoms with Gasteiger partial charge in [-0.2, -0.15) is 0 Å². The molecule has 1 aromatic rings. The van der Waals surface area contributed by atoms with Crippen molar-refractivity contribution in [2.45, 2.75) is 162 Å². The average molecular weight is 491 g/mol. The van der Waals surface area contributed by atoms with Crippen LogP contribution in [0.1, 0.15) is 160 Å². The van der Waals surface area contributed by atoms with Crippen LogP contribution < -0.4 is 0 Å². The van der Waals surface area contributed by atoms with Gasteiger partial charge in [-0.05, 0) is 54.2 Å². The number of aryl methyl sites for hydroxylation is 2. The zero-order valence-electron chi connectivity index (χ0n) is 23.6. The van der Waals surface area contributed by atoms with Gasteiger partial charge in [0.15, 0.2) is 0 Å². The monoisotopic (exact) mass is 490 g/mol. The van der Waals surface area contributed by atoms with Crippen LogP contribution in [0.3, 0.4) is 0 Å². The van der Waals surface area contributed by atoms with Gasteiger partial charge in [0.1, 0.15) is 0 Å². The highest BCUT2D eigenvalue weighted by molar-refractivity contribution is 6.17. The Hall–Kier alpha value is -0.490. The molecule has 0 heterocycles. The molecule has 0 aliphatic heterocycles. The maximum Gasteiger partial charge on any atom is 0.0474 e. The first-order valence-corrected chi connectivity index (χ1v) is 15.7. The van der Waals surface area contributed by atoms with Crippen LogP contribution in [0.15, 0.2) is 18.2 Å². The Bertz CT molecular complexity index is 574. The van der Waals surface area contributed by atoms with E-state index in [2.05, 4.69) is 45.9 Å². The summed E-state index contributed by atoms with van der Waals surface area (Å²) in [6.07, 6.45) is 27.9. The van der Waals surface area contributed by atoms with E-state index in [4.69, 9.17) is 11.6 Å². The molecule has 0 N–H and O–H groups in total. The summed E-state index contributed by atoms with van der Waals surface area (Å²) in [5.74, 6) is 2.38. The molecule has 0 fully saturated rings. The predicted molar refractivity (Wildman–Crippen MR) is 156 cm³/mol. The van der Waals surface area contributed by atoms with Gasteiger partial charge < -0.3 is 0 Å². The first-order valence-electron chi connectivity index (χ1n) is 15.2. The SMILES string of the molecule is CC(C)CCCCCCCCCCc1ccc(CCl)cc1CCCCCCCCCCC(C)C. The van der Waals surface area contributed by atoms with Gasteiger partial charge in [-0.1, -0.05) is 149 Å². The number of unbranched alkanes of at least 4 members (excludes halogenated alkanes) is 14. The van der Waals surface area contributed by atoms with Gasteiger partial charge in [-0.25, -0.2) is 0 Å². The van der Waals surface area contributed by atoms with Crippen molar-refractivity contribution in [3.8, 4) is 0 Å². The van der Waals surface area contributed by atoms with Gasteiger partial charge in [-0.3, -0.25) is 0 Å². The first-order chi connectivity index (χ1) is 16.5. The summed E-state index contributed by atoms with van der Waals surface area (Å²) in [6, 6.07) is 7.02. The lowest BCUT2D eigenvalue weighted by molar-refractivity contribution is 0.506. The largest absolute Gasteiger partial charge is 0.122 e. The Morgan fingerprint density at radius 1 is 0.500 bits per heavy atom. The molecular formula is C33H59Cl. The molecule has 0 bridgehead atoms. The number of alkyl halides is 1. The van der Waals surface area contributed by atoms with Crippen molar-refractivity contribution in [1.82, 2.24) is 0 Å². The molecule has 0 amide bonds.